The normalized spacial score (nSPS) is 11.9. The fourth-order valence-electron chi connectivity index (χ4n) is 2.48. The number of aromatic amines is 1. The number of ether oxygens (including phenoxy) is 2. The SMILES string of the molecule is C[C@@H](OC(=O)COc1ccccc1Cl)C(=O)c1c[nH]c2ccccc12. The van der Waals surface area contributed by atoms with Crippen LogP contribution >= 0.6 is 11.6 Å². The average Bonchev–Trinajstić information content (AvgIpc) is 3.04. The summed E-state index contributed by atoms with van der Waals surface area (Å²) in [5, 5.41) is 1.20. The van der Waals surface area contributed by atoms with E-state index in [1.807, 2.05) is 24.3 Å². The molecule has 5 nitrogen and oxygen atoms in total. The number of H-pyrrole nitrogens is 1. The van der Waals surface area contributed by atoms with Crippen molar-refractivity contribution in [2.45, 2.75) is 13.0 Å². The summed E-state index contributed by atoms with van der Waals surface area (Å²) in [7, 11) is 0. The molecule has 0 aliphatic heterocycles. The minimum atomic E-state index is -0.915. The number of para-hydroxylation sites is 2. The van der Waals surface area contributed by atoms with Crippen molar-refractivity contribution in [1.29, 1.82) is 0 Å². The first-order valence-electron chi connectivity index (χ1n) is 7.73. The average molecular weight is 358 g/mol. The van der Waals surface area contributed by atoms with Crippen molar-refractivity contribution in [3.05, 3.63) is 65.3 Å². The summed E-state index contributed by atoms with van der Waals surface area (Å²) in [5.74, 6) is -0.527. The highest BCUT2D eigenvalue weighted by Gasteiger charge is 2.22. The summed E-state index contributed by atoms with van der Waals surface area (Å²) in [6.07, 6.45) is 0.707. The highest BCUT2D eigenvalue weighted by atomic mass is 35.5. The van der Waals surface area contributed by atoms with Gasteiger partial charge in [0.15, 0.2) is 12.7 Å². The molecule has 2 aromatic carbocycles. The van der Waals surface area contributed by atoms with Crippen LogP contribution in [0, 0.1) is 0 Å². The summed E-state index contributed by atoms with van der Waals surface area (Å²) >= 11 is 5.95. The number of esters is 1. The number of carbonyl (C=O) groups is 2. The lowest BCUT2D eigenvalue weighted by molar-refractivity contribution is -0.148. The maximum absolute atomic E-state index is 12.5. The van der Waals surface area contributed by atoms with Crippen molar-refractivity contribution in [3.8, 4) is 5.75 Å². The Morgan fingerprint density at radius 3 is 2.64 bits per heavy atom. The molecule has 1 N–H and O–H groups in total. The van der Waals surface area contributed by atoms with Crippen molar-refractivity contribution in [1.82, 2.24) is 4.98 Å². The largest absolute Gasteiger partial charge is 0.480 e. The minimum absolute atomic E-state index is 0.274. The molecule has 0 spiro atoms. The van der Waals surface area contributed by atoms with Gasteiger partial charge in [-0.3, -0.25) is 4.79 Å². The zero-order chi connectivity index (χ0) is 17.8. The van der Waals surface area contributed by atoms with Crippen LogP contribution in [0.5, 0.6) is 5.75 Å². The molecule has 3 rings (SSSR count). The van der Waals surface area contributed by atoms with Gasteiger partial charge in [0.2, 0.25) is 5.78 Å². The molecule has 3 aromatic rings. The number of carbonyl (C=O) groups excluding carboxylic acids is 2. The molecule has 1 aromatic heterocycles. The molecule has 0 aliphatic carbocycles. The molecule has 0 amide bonds. The van der Waals surface area contributed by atoms with E-state index in [2.05, 4.69) is 4.98 Å². The number of Topliss-reactive ketones (excluding diaryl/α,β-unsaturated/α-hetero) is 1. The Kier molecular flexibility index (Phi) is 5.05. The Labute approximate surface area is 149 Å². The molecular formula is C19H16ClNO4. The zero-order valence-electron chi connectivity index (χ0n) is 13.5. The van der Waals surface area contributed by atoms with Gasteiger partial charge >= 0.3 is 5.97 Å². The van der Waals surface area contributed by atoms with Crippen LogP contribution in [-0.4, -0.2) is 29.4 Å². The first kappa shape index (κ1) is 17.0. The van der Waals surface area contributed by atoms with E-state index < -0.39 is 12.1 Å². The molecule has 6 heteroatoms. The topological polar surface area (TPSA) is 68.4 Å². The van der Waals surface area contributed by atoms with Crippen molar-refractivity contribution in [2.75, 3.05) is 6.61 Å². The summed E-state index contributed by atoms with van der Waals surface area (Å²) in [6.45, 7) is 1.22. The number of fused-ring (bicyclic) bond motifs is 1. The van der Waals surface area contributed by atoms with Crippen LogP contribution in [0.1, 0.15) is 17.3 Å². The van der Waals surface area contributed by atoms with Crippen LogP contribution in [0.3, 0.4) is 0 Å². The number of benzene rings is 2. The summed E-state index contributed by atoms with van der Waals surface area (Å²) < 4.78 is 10.5. The van der Waals surface area contributed by atoms with Crippen LogP contribution < -0.4 is 4.74 Å². The first-order chi connectivity index (χ1) is 12.1. The second-order valence-corrected chi connectivity index (χ2v) is 5.87. The van der Waals surface area contributed by atoms with Gasteiger partial charge in [0, 0.05) is 22.7 Å². The van der Waals surface area contributed by atoms with Gasteiger partial charge in [-0.05, 0) is 25.1 Å². The van der Waals surface area contributed by atoms with Gasteiger partial charge in [0.25, 0.3) is 0 Å². The molecular weight excluding hydrogens is 342 g/mol. The standard InChI is InChI=1S/C19H16ClNO4/c1-12(19(23)14-10-21-16-8-4-2-6-13(14)16)25-18(22)11-24-17-9-5-3-7-15(17)20/h2-10,12,21H,11H2,1H3/t12-/m1/s1. The fourth-order valence-corrected chi connectivity index (χ4v) is 2.67. The third-order valence-corrected chi connectivity index (χ3v) is 4.03. The van der Waals surface area contributed by atoms with Crippen LogP contribution in [0.2, 0.25) is 5.02 Å². The van der Waals surface area contributed by atoms with Crippen LogP contribution in [0.25, 0.3) is 10.9 Å². The van der Waals surface area contributed by atoms with Crippen LogP contribution in [0.4, 0.5) is 0 Å². The Bertz CT molecular complexity index is 918. The zero-order valence-corrected chi connectivity index (χ0v) is 14.2. The highest BCUT2D eigenvalue weighted by molar-refractivity contribution is 6.32. The fraction of sp³-hybridized carbons (Fsp3) is 0.158. The van der Waals surface area contributed by atoms with E-state index in [0.717, 1.165) is 10.9 Å². The molecule has 25 heavy (non-hydrogen) atoms. The molecule has 0 aliphatic rings. The molecule has 0 radical (unpaired) electrons. The van der Waals surface area contributed by atoms with E-state index in [1.54, 1.807) is 30.5 Å². The number of rotatable bonds is 6. The number of halogens is 1. The number of hydrogen-bond donors (Lipinski definition) is 1. The van der Waals surface area contributed by atoms with Crippen LogP contribution in [-0.2, 0) is 9.53 Å². The van der Waals surface area contributed by atoms with Crippen molar-refractivity contribution in [3.63, 3.8) is 0 Å². The van der Waals surface area contributed by atoms with Gasteiger partial charge < -0.3 is 14.5 Å². The second-order valence-electron chi connectivity index (χ2n) is 5.46. The maximum atomic E-state index is 12.5. The van der Waals surface area contributed by atoms with E-state index >= 15 is 0 Å². The second kappa shape index (κ2) is 7.40. The van der Waals surface area contributed by atoms with Crippen molar-refractivity contribution >= 4 is 34.3 Å². The monoisotopic (exact) mass is 357 g/mol. The van der Waals surface area contributed by atoms with E-state index in [4.69, 9.17) is 21.1 Å². The van der Waals surface area contributed by atoms with Gasteiger partial charge in [-0.1, -0.05) is 41.9 Å². The maximum Gasteiger partial charge on any atom is 0.344 e. The summed E-state index contributed by atoms with van der Waals surface area (Å²) in [5.41, 5.74) is 1.34. The molecule has 1 atom stereocenters. The molecule has 128 valence electrons. The van der Waals surface area contributed by atoms with E-state index in [1.165, 1.54) is 6.92 Å². The molecule has 0 saturated heterocycles. The molecule has 0 saturated carbocycles. The lowest BCUT2D eigenvalue weighted by Crippen LogP contribution is -2.27. The Hall–Kier alpha value is -2.79. The number of aromatic nitrogens is 1. The third kappa shape index (κ3) is 3.83. The van der Waals surface area contributed by atoms with Crippen LogP contribution in [0.15, 0.2) is 54.7 Å². The highest BCUT2D eigenvalue weighted by Crippen LogP contribution is 2.23. The lowest BCUT2D eigenvalue weighted by atomic mass is 10.1. The quantitative estimate of drug-likeness (QED) is 0.534. The van der Waals surface area contributed by atoms with Gasteiger partial charge in [0.1, 0.15) is 5.75 Å². The smallest absolute Gasteiger partial charge is 0.344 e. The molecule has 1 heterocycles. The van der Waals surface area contributed by atoms with Gasteiger partial charge in [-0.25, -0.2) is 4.79 Å². The Balaban J connectivity index is 1.61. The van der Waals surface area contributed by atoms with E-state index in [-0.39, 0.29) is 12.4 Å². The Morgan fingerprint density at radius 1 is 1.12 bits per heavy atom. The van der Waals surface area contributed by atoms with Gasteiger partial charge in [-0.15, -0.1) is 0 Å². The molecule has 0 unspecified atom stereocenters. The van der Waals surface area contributed by atoms with E-state index in [0.29, 0.717) is 16.3 Å². The van der Waals surface area contributed by atoms with E-state index in [9.17, 15) is 9.59 Å². The number of nitrogens with one attached hydrogen (secondary N) is 1. The Morgan fingerprint density at radius 2 is 1.84 bits per heavy atom. The predicted octanol–water partition coefficient (Wildman–Crippen LogP) is 4.01. The van der Waals surface area contributed by atoms with Crippen molar-refractivity contribution < 1.29 is 19.1 Å². The van der Waals surface area contributed by atoms with Gasteiger partial charge in [-0.2, -0.15) is 0 Å². The minimum Gasteiger partial charge on any atom is -0.480 e. The molecule has 0 bridgehead atoms. The molecule has 0 fully saturated rings. The lowest BCUT2D eigenvalue weighted by Gasteiger charge is -2.13. The first-order valence-corrected chi connectivity index (χ1v) is 8.11. The number of ketones is 1. The summed E-state index contributed by atoms with van der Waals surface area (Å²) in [4.78, 5) is 27.5. The summed E-state index contributed by atoms with van der Waals surface area (Å²) in [6, 6.07) is 14.3. The predicted molar refractivity (Wildman–Crippen MR) is 95.1 cm³/mol. The van der Waals surface area contributed by atoms with Gasteiger partial charge in [0.05, 0.1) is 5.02 Å². The third-order valence-electron chi connectivity index (χ3n) is 3.71. The number of hydrogen-bond acceptors (Lipinski definition) is 4. The van der Waals surface area contributed by atoms with Crippen molar-refractivity contribution in [2.24, 2.45) is 0 Å².